The number of carbonyl (C=O) groups excluding carboxylic acids is 2. The first-order valence-electron chi connectivity index (χ1n) is 3.91. The molecule has 3 nitrogen and oxygen atoms in total. The second-order valence-electron chi connectivity index (χ2n) is 3.09. The van der Waals surface area contributed by atoms with Gasteiger partial charge in [-0.3, -0.25) is 14.5 Å². The molecule has 1 saturated heterocycles. The van der Waals surface area contributed by atoms with Crippen LogP contribution in [0.25, 0.3) is 0 Å². The molecule has 0 aromatic carbocycles. The second-order valence-corrected chi connectivity index (χ2v) is 3.09. The summed E-state index contributed by atoms with van der Waals surface area (Å²) >= 11 is 0. The Morgan fingerprint density at radius 3 is 2.42 bits per heavy atom. The molecular weight excluding hydrogens is 154 g/mol. The van der Waals surface area contributed by atoms with Gasteiger partial charge in [-0.1, -0.05) is 12.8 Å². The smallest absolute Gasteiger partial charge is 0.230 e. The summed E-state index contributed by atoms with van der Waals surface area (Å²) < 4.78 is 0. The molecule has 3 heteroatoms. The maximum atomic E-state index is 11.2. The number of rotatable bonds is 1. The fourth-order valence-corrected chi connectivity index (χ4v) is 1.30. The zero-order chi connectivity index (χ0) is 9.14. The van der Waals surface area contributed by atoms with Crippen LogP contribution in [0.15, 0.2) is 0 Å². The summed E-state index contributed by atoms with van der Waals surface area (Å²) in [4.78, 5) is 23.6. The van der Waals surface area contributed by atoms with Gasteiger partial charge in [0.1, 0.15) is 0 Å². The van der Waals surface area contributed by atoms with Gasteiger partial charge in [0.15, 0.2) is 0 Å². The van der Waals surface area contributed by atoms with E-state index in [9.17, 15) is 9.59 Å². The van der Waals surface area contributed by atoms with Crippen LogP contribution in [0.1, 0.15) is 19.8 Å². The van der Waals surface area contributed by atoms with Crippen molar-refractivity contribution in [1.82, 2.24) is 4.90 Å². The molecule has 0 N–H and O–H groups in total. The fourth-order valence-electron chi connectivity index (χ4n) is 1.30. The number of imide groups is 1. The fraction of sp³-hybridized carbons (Fsp3) is 0.556. The molecule has 0 unspecified atom stereocenters. The van der Waals surface area contributed by atoms with Crippen LogP contribution in [-0.4, -0.2) is 23.3 Å². The molecule has 12 heavy (non-hydrogen) atoms. The van der Waals surface area contributed by atoms with Crippen LogP contribution in [-0.2, 0) is 9.59 Å². The van der Waals surface area contributed by atoms with Crippen molar-refractivity contribution in [3.63, 3.8) is 0 Å². The minimum absolute atomic E-state index is 0.115. The van der Waals surface area contributed by atoms with Crippen molar-refractivity contribution in [1.29, 1.82) is 0 Å². The molecule has 0 aliphatic carbocycles. The summed E-state index contributed by atoms with van der Waals surface area (Å²) in [5.74, 6) is 2.18. The third kappa shape index (κ3) is 1.65. The Balaban J connectivity index is 2.68. The quantitative estimate of drug-likeness (QED) is 0.416. The van der Waals surface area contributed by atoms with Crippen molar-refractivity contribution >= 4 is 11.8 Å². The first-order chi connectivity index (χ1) is 5.65. The van der Waals surface area contributed by atoms with Crippen LogP contribution < -0.4 is 0 Å². The number of hydrogen-bond donors (Lipinski definition) is 0. The SMILES string of the molecule is C#CCN1C(=O)CC(C)CC1=O. The molecule has 0 atom stereocenters. The molecule has 2 amide bonds. The first kappa shape index (κ1) is 8.79. The zero-order valence-corrected chi connectivity index (χ0v) is 7.04. The van der Waals surface area contributed by atoms with Crippen molar-refractivity contribution in [3.8, 4) is 12.3 Å². The molecule has 1 heterocycles. The maximum Gasteiger partial charge on any atom is 0.230 e. The molecule has 1 aliphatic rings. The van der Waals surface area contributed by atoms with E-state index < -0.39 is 0 Å². The lowest BCUT2D eigenvalue weighted by Crippen LogP contribution is -2.42. The number of piperidine rings is 1. The van der Waals surface area contributed by atoms with Gasteiger partial charge in [0.05, 0.1) is 6.54 Å². The highest BCUT2D eigenvalue weighted by molar-refractivity contribution is 5.98. The Labute approximate surface area is 71.7 Å². The van der Waals surface area contributed by atoms with Crippen molar-refractivity contribution in [2.45, 2.75) is 19.8 Å². The maximum absolute atomic E-state index is 11.2. The number of likely N-dealkylation sites (tertiary alicyclic amines) is 1. The Kier molecular flexibility index (Phi) is 2.49. The van der Waals surface area contributed by atoms with Crippen molar-refractivity contribution in [3.05, 3.63) is 0 Å². The van der Waals surface area contributed by atoms with Gasteiger partial charge in [0, 0.05) is 12.8 Å². The van der Waals surface area contributed by atoms with Gasteiger partial charge in [0.25, 0.3) is 0 Å². The summed E-state index contributed by atoms with van der Waals surface area (Å²) in [6.07, 6.45) is 5.90. The number of carbonyl (C=O) groups is 2. The van der Waals surface area contributed by atoms with Gasteiger partial charge in [-0.05, 0) is 5.92 Å². The lowest BCUT2D eigenvalue weighted by molar-refractivity contribution is -0.148. The van der Waals surface area contributed by atoms with Crippen LogP contribution in [0.3, 0.4) is 0 Å². The van der Waals surface area contributed by atoms with E-state index in [2.05, 4.69) is 5.92 Å². The van der Waals surface area contributed by atoms with Gasteiger partial charge >= 0.3 is 0 Å². The molecule has 0 aromatic heterocycles. The molecular formula is C9H11NO2. The van der Waals surface area contributed by atoms with E-state index in [1.165, 1.54) is 0 Å². The number of terminal acetylenes is 1. The molecule has 0 aromatic rings. The summed E-state index contributed by atoms with van der Waals surface area (Å²) in [7, 11) is 0. The third-order valence-electron chi connectivity index (χ3n) is 1.90. The Morgan fingerprint density at radius 1 is 1.50 bits per heavy atom. The average molecular weight is 165 g/mol. The number of hydrogen-bond acceptors (Lipinski definition) is 2. The largest absolute Gasteiger partial charge is 0.274 e. The number of nitrogens with zero attached hydrogens (tertiary/aromatic N) is 1. The molecule has 0 bridgehead atoms. The van der Waals surface area contributed by atoms with E-state index in [0.29, 0.717) is 12.8 Å². The van der Waals surface area contributed by atoms with Gasteiger partial charge in [-0.2, -0.15) is 0 Å². The van der Waals surface area contributed by atoms with E-state index in [1.807, 2.05) is 6.92 Å². The molecule has 0 spiro atoms. The second kappa shape index (κ2) is 3.40. The first-order valence-corrected chi connectivity index (χ1v) is 3.91. The lowest BCUT2D eigenvalue weighted by atomic mass is 9.98. The molecule has 0 radical (unpaired) electrons. The highest BCUT2D eigenvalue weighted by Gasteiger charge is 2.29. The van der Waals surface area contributed by atoms with E-state index >= 15 is 0 Å². The summed E-state index contributed by atoms with van der Waals surface area (Å²) in [5.41, 5.74) is 0. The van der Waals surface area contributed by atoms with Crippen LogP contribution in [0.5, 0.6) is 0 Å². The number of amides is 2. The van der Waals surface area contributed by atoms with Crippen LogP contribution >= 0.6 is 0 Å². The van der Waals surface area contributed by atoms with E-state index in [0.717, 1.165) is 4.90 Å². The highest BCUT2D eigenvalue weighted by Crippen LogP contribution is 2.17. The minimum Gasteiger partial charge on any atom is -0.274 e. The van der Waals surface area contributed by atoms with Gasteiger partial charge in [-0.15, -0.1) is 6.42 Å². The Bertz CT molecular complexity index is 234. The Morgan fingerprint density at radius 2 is 2.00 bits per heavy atom. The minimum atomic E-state index is -0.142. The molecule has 1 aliphatic heterocycles. The summed E-state index contributed by atoms with van der Waals surface area (Å²) in [5, 5.41) is 0. The third-order valence-corrected chi connectivity index (χ3v) is 1.90. The normalized spacial score (nSPS) is 19.5. The van der Waals surface area contributed by atoms with Gasteiger partial charge < -0.3 is 0 Å². The summed E-state index contributed by atoms with van der Waals surface area (Å²) in [6, 6.07) is 0. The van der Waals surface area contributed by atoms with Crippen LogP contribution in [0.2, 0.25) is 0 Å². The Hall–Kier alpha value is -1.30. The van der Waals surface area contributed by atoms with Crippen LogP contribution in [0, 0.1) is 18.3 Å². The van der Waals surface area contributed by atoms with Gasteiger partial charge in [0.2, 0.25) is 11.8 Å². The van der Waals surface area contributed by atoms with E-state index in [-0.39, 0.29) is 24.3 Å². The average Bonchev–Trinajstić information content (AvgIpc) is 1.96. The standard InChI is InChI=1S/C9H11NO2/c1-3-4-10-8(11)5-7(2)6-9(10)12/h1,7H,4-6H2,2H3. The van der Waals surface area contributed by atoms with Crippen LogP contribution in [0.4, 0.5) is 0 Å². The van der Waals surface area contributed by atoms with Crippen molar-refractivity contribution < 1.29 is 9.59 Å². The highest BCUT2D eigenvalue weighted by atomic mass is 16.2. The molecule has 1 fully saturated rings. The van der Waals surface area contributed by atoms with Crippen molar-refractivity contribution in [2.24, 2.45) is 5.92 Å². The predicted molar refractivity (Wildman–Crippen MR) is 44.0 cm³/mol. The lowest BCUT2D eigenvalue weighted by Gasteiger charge is -2.26. The van der Waals surface area contributed by atoms with Gasteiger partial charge in [-0.25, -0.2) is 0 Å². The van der Waals surface area contributed by atoms with E-state index in [4.69, 9.17) is 6.42 Å². The monoisotopic (exact) mass is 165 g/mol. The molecule has 64 valence electrons. The molecule has 0 saturated carbocycles. The topological polar surface area (TPSA) is 37.4 Å². The summed E-state index contributed by atoms with van der Waals surface area (Å²) in [6.45, 7) is 2.01. The predicted octanol–water partition coefficient (Wildman–Crippen LogP) is 0.405. The zero-order valence-electron chi connectivity index (χ0n) is 7.04. The molecule has 1 rings (SSSR count). The van der Waals surface area contributed by atoms with E-state index in [1.54, 1.807) is 0 Å². The van der Waals surface area contributed by atoms with Crippen molar-refractivity contribution in [2.75, 3.05) is 6.54 Å².